The predicted molar refractivity (Wildman–Crippen MR) is 86.9 cm³/mol. The van der Waals surface area contributed by atoms with Gasteiger partial charge in [0.1, 0.15) is 0 Å². The summed E-state index contributed by atoms with van der Waals surface area (Å²) in [5.74, 6) is 0. The SMILES string of the molecule is CCCCCCCCCCCCCCc1cscn1. The van der Waals surface area contributed by atoms with Crippen LogP contribution in [-0.4, -0.2) is 4.98 Å². The minimum absolute atomic E-state index is 1.18. The van der Waals surface area contributed by atoms with E-state index in [1.807, 2.05) is 5.51 Å². The number of thiazole rings is 1. The zero-order valence-electron chi connectivity index (χ0n) is 12.7. The minimum Gasteiger partial charge on any atom is -0.250 e. The van der Waals surface area contributed by atoms with Crippen LogP contribution in [0.4, 0.5) is 0 Å². The van der Waals surface area contributed by atoms with E-state index >= 15 is 0 Å². The molecule has 0 aliphatic carbocycles. The van der Waals surface area contributed by atoms with E-state index in [1.54, 1.807) is 11.3 Å². The van der Waals surface area contributed by atoms with Crippen molar-refractivity contribution >= 4 is 11.3 Å². The van der Waals surface area contributed by atoms with Crippen molar-refractivity contribution in [2.75, 3.05) is 0 Å². The summed E-state index contributed by atoms with van der Waals surface area (Å²) >= 11 is 1.71. The highest BCUT2D eigenvalue weighted by Crippen LogP contribution is 2.13. The molecule has 0 N–H and O–H groups in total. The number of aromatic nitrogens is 1. The lowest BCUT2D eigenvalue weighted by molar-refractivity contribution is 0.543. The molecule has 0 amide bonds. The van der Waals surface area contributed by atoms with E-state index in [0.717, 1.165) is 0 Å². The Hall–Kier alpha value is -0.370. The predicted octanol–water partition coefficient (Wildman–Crippen LogP) is 6.39. The van der Waals surface area contributed by atoms with Crippen molar-refractivity contribution in [3.05, 3.63) is 16.6 Å². The minimum atomic E-state index is 1.18. The lowest BCUT2D eigenvalue weighted by Gasteiger charge is -2.02. The molecule has 1 heterocycles. The lowest BCUT2D eigenvalue weighted by atomic mass is 10.0. The van der Waals surface area contributed by atoms with Crippen LogP contribution in [0.1, 0.15) is 89.7 Å². The fraction of sp³-hybridized carbons (Fsp3) is 0.824. The van der Waals surface area contributed by atoms with Gasteiger partial charge in [0.2, 0.25) is 0 Å². The van der Waals surface area contributed by atoms with Crippen LogP contribution < -0.4 is 0 Å². The summed E-state index contributed by atoms with van der Waals surface area (Å²) in [6.45, 7) is 2.29. The maximum absolute atomic E-state index is 4.32. The molecule has 0 saturated heterocycles. The number of hydrogen-bond acceptors (Lipinski definition) is 2. The Balaban J connectivity index is 1.72. The summed E-state index contributed by atoms with van der Waals surface area (Å²) in [6.07, 6.45) is 18.3. The van der Waals surface area contributed by atoms with Gasteiger partial charge in [0.05, 0.1) is 11.2 Å². The summed E-state index contributed by atoms with van der Waals surface area (Å²) in [5, 5.41) is 2.18. The highest BCUT2D eigenvalue weighted by Gasteiger charge is 1.96. The Kier molecular flexibility index (Phi) is 11.1. The standard InChI is InChI=1S/C17H31NS/c1-2-3-4-5-6-7-8-9-10-11-12-13-14-17-15-19-16-18-17/h15-16H,2-14H2,1H3. The molecule has 0 fully saturated rings. The molecule has 0 aliphatic heterocycles. The smallest absolute Gasteiger partial charge is 0.0794 e. The number of aryl methyl sites for hydroxylation is 1. The van der Waals surface area contributed by atoms with Crippen LogP contribution in [-0.2, 0) is 6.42 Å². The second-order valence-corrected chi connectivity index (χ2v) is 6.34. The maximum atomic E-state index is 4.32. The van der Waals surface area contributed by atoms with Gasteiger partial charge in [0, 0.05) is 5.38 Å². The average Bonchev–Trinajstić information content (AvgIpc) is 2.93. The van der Waals surface area contributed by atoms with Crippen molar-refractivity contribution in [1.29, 1.82) is 0 Å². The van der Waals surface area contributed by atoms with E-state index in [1.165, 1.54) is 89.2 Å². The lowest BCUT2D eigenvalue weighted by Crippen LogP contribution is -1.86. The van der Waals surface area contributed by atoms with Crippen LogP contribution in [0.15, 0.2) is 10.9 Å². The second-order valence-electron chi connectivity index (χ2n) is 5.62. The highest BCUT2D eigenvalue weighted by atomic mass is 32.1. The molecule has 19 heavy (non-hydrogen) atoms. The number of rotatable bonds is 13. The van der Waals surface area contributed by atoms with Gasteiger partial charge in [-0.3, -0.25) is 0 Å². The Bertz CT molecular complexity index is 269. The quantitative estimate of drug-likeness (QED) is 0.382. The first-order valence-electron chi connectivity index (χ1n) is 8.30. The molecule has 0 spiro atoms. The van der Waals surface area contributed by atoms with E-state index in [4.69, 9.17) is 0 Å². The van der Waals surface area contributed by atoms with Crippen molar-refractivity contribution in [3.8, 4) is 0 Å². The maximum Gasteiger partial charge on any atom is 0.0794 e. The first-order valence-corrected chi connectivity index (χ1v) is 9.25. The van der Waals surface area contributed by atoms with Crippen molar-refractivity contribution in [3.63, 3.8) is 0 Å². The fourth-order valence-corrected chi connectivity index (χ4v) is 3.10. The van der Waals surface area contributed by atoms with E-state index in [0.29, 0.717) is 0 Å². The van der Waals surface area contributed by atoms with Gasteiger partial charge in [-0.25, -0.2) is 4.98 Å². The van der Waals surface area contributed by atoms with Gasteiger partial charge < -0.3 is 0 Å². The monoisotopic (exact) mass is 281 g/mol. The van der Waals surface area contributed by atoms with Crippen LogP contribution in [0.25, 0.3) is 0 Å². The molecule has 110 valence electrons. The van der Waals surface area contributed by atoms with Gasteiger partial charge in [0.25, 0.3) is 0 Å². The molecular formula is C17H31NS. The van der Waals surface area contributed by atoms with Crippen LogP contribution in [0.3, 0.4) is 0 Å². The molecule has 1 aromatic heterocycles. The molecule has 0 aliphatic rings. The summed E-state index contributed by atoms with van der Waals surface area (Å²) < 4.78 is 0. The Labute approximate surface area is 123 Å². The summed E-state index contributed by atoms with van der Waals surface area (Å²) in [5.41, 5.74) is 3.23. The third-order valence-corrected chi connectivity index (χ3v) is 4.41. The van der Waals surface area contributed by atoms with Crippen LogP contribution in [0.5, 0.6) is 0 Å². The van der Waals surface area contributed by atoms with E-state index < -0.39 is 0 Å². The van der Waals surface area contributed by atoms with Gasteiger partial charge in [-0.1, -0.05) is 77.6 Å². The number of hydrogen-bond donors (Lipinski definition) is 0. The molecule has 1 aromatic rings. The molecular weight excluding hydrogens is 250 g/mol. The van der Waals surface area contributed by atoms with Crippen LogP contribution >= 0.6 is 11.3 Å². The van der Waals surface area contributed by atoms with Crippen LogP contribution in [0, 0.1) is 0 Å². The van der Waals surface area contributed by atoms with Gasteiger partial charge in [0.15, 0.2) is 0 Å². The number of nitrogens with zero attached hydrogens (tertiary/aromatic N) is 1. The molecule has 0 unspecified atom stereocenters. The molecule has 0 atom stereocenters. The molecule has 1 nitrogen and oxygen atoms in total. The molecule has 0 saturated carbocycles. The van der Waals surface area contributed by atoms with Crippen molar-refractivity contribution in [2.45, 2.75) is 90.4 Å². The zero-order valence-corrected chi connectivity index (χ0v) is 13.5. The molecule has 1 rings (SSSR count). The van der Waals surface area contributed by atoms with E-state index in [9.17, 15) is 0 Å². The Morgan fingerprint density at radius 1 is 0.789 bits per heavy atom. The summed E-state index contributed by atoms with van der Waals surface area (Å²) in [7, 11) is 0. The van der Waals surface area contributed by atoms with Gasteiger partial charge in [-0.15, -0.1) is 11.3 Å². The van der Waals surface area contributed by atoms with Crippen LogP contribution in [0.2, 0.25) is 0 Å². The Morgan fingerprint density at radius 2 is 1.32 bits per heavy atom. The molecule has 2 heteroatoms. The van der Waals surface area contributed by atoms with Gasteiger partial charge in [-0.2, -0.15) is 0 Å². The summed E-state index contributed by atoms with van der Waals surface area (Å²) in [6, 6.07) is 0. The first-order chi connectivity index (χ1) is 9.43. The zero-order chi connectivity index (χ0) is 13.6. The third kappa shape index (κ3) is 10.1. The van der Waals surface area contributed by atoms with E-state index in [-0.39, 0.29) is 0 Å². The van der Waals surface area contributed by atoms with E-state index in [2.05, 4.69) is 17.3 Å². The highest BCUT2D eigenvalue weighted by molar-refractivity contribution is 7.07. The van der Waals surface area contributed by atoms with Crippen molar-refractivity contribution in [1.82, 2.24) is 4.98 Å². The van der Waals surface area contributed by atoms with Crippen molar-refractivity contribution in [2.24, 2.45) is 0 Å². The van der Waals surface area contributed by atoms with Gasteiger partial charge >= 0.3 is 0 Å². The second kappa shape index (κ2) is 12.7. The van der Waals surface area contributed by atoms with Crippen molar-refractivity contribution < 1.29 is 0 Å². The topological polar surface area (TPSA) is 12.9 Å². The molecule has 0 aromatic carbocycles. The summed E-state index contributed by atoms with van der Waals surface area (Å²) in [4.78, 5) is 4.32. The molecule has 0 bridgehead atoms. The Morgan fingerprint density at radius 3 is 1.79 bits per heavy atom. The number of unbranched alkanes of at least 4 members (excludes halogenated alkanes) is 11. The fourth-order valence-electron chi connectivity index (χ4n) is 2.51. The third-order valence-electron chi connectivity index (χ3n) is 3.77. The normalized spacial score (nSPS) is 11.0. The largest absolute Gasteiger partial charge is 0.250 e. The average molecular weight is 282 g/mol. The first kappa shape index (κ1) is 16.7. The van der Waals surface area contributed by atoms with Gasteiger partial charge in [-0.05, 0) is 12.8 Å². The molecule has 0 radical (unpaired) electrons.